The minimum absolute atomic E-state index is 0.207. The van der Waals surface area contributed by atoms with E-state index in [1.807, 2.05) is 24.3 Å². The van der Waals surface area contributed by atoms with Gasteiger partial charge in [0.1, 0.15) is 12.1 Å². The summed E-state index contributed by atoms with van der Waals surface area (Å²) in [6.45, 7) is 0.428. The van der Waals surface area contributed by atoms with Crippen LogP contribution in [0.25, 0.3) is 0 Å². The van der Waals surface area contributed by atoms with Crippen molar-refractivity contribution < 1.29 is 14.4 Å². The van der Waals surface area contributed by atoms with Crippen molar-refractivity contribution in [3.05, 3.63) is 35.4 Å². The molecule has 1 spiro atoms. The van der Waals surface area contributed by atoms with Gasteiger partial charge < -0.3 is 10.6 Å². The van der Waals surface area contributed by atoms with Gasteiger partial charge >= 0.3 is 6.03 Å². The van der Waals surface area contributed by atoms with E-state index in [4.69, 9.17) is 0 Å². The van der Waals surface area contributed by atoms with E-state index in [0.29, 0.717) is 18.9 Å². The highest BCUT2D eigenvalue weighted by Gasteiger charge is 2.55. The predicted octanol–water partition coefficient (Wildman–Crippen LogP) is 0.906. The summed E-state index contributed by atoms with van der Waals surface area (Å²) in [5.74, 6) is -0.0205. The van der Waals surface area contributed by atoms with E-state index in [9.17, 15) is 14.4 Å². The second-order valence-corrected chi connectivity index (χ2v) is 6.63. The van der Waals surface area contributed by atoms with Crippen LogP contribution in [0.4, 0.5) is 4.79 Å². The Bertz CT molecular complexity index is 698. The lowest BCUT2D eigenvalue weighted by molar-refractivity contribution is -0.135. The van der Waals surface area contributed by atoms with Gasteiger partial charge in [0.2, 0.25) is 5.91 Å². The fourth-order valence-corrected chi connectivity index (χ4v) is 3.51. The van der Waals surface area contributed by atoms with Gasteiger partial charge in [-0.15, -0.1) is 0 Å². The normalized spacial score (nSPS) is 25.7. The number of nitrogens with zero attached hydrogens (tertiary/aromatic N) is 1. The van der Waals surface area contributed by atoms with Gasteiger partial charge in [0, 0.05) is 6.54 Å². The molecule has 1 atom stereocenters. The summed E-state index contributed by atoms with van der Waals surface area (Å²) in [5, 5.41) is 5.62. The molecule has 1 unspecified atom stereocenters. The fraction of sp³-hybridized carbons (Fsp3) is 0.471. The number of hydrogen-bond donors (Lipinski definition) is 2. The lowest BCUT2D eigenvalue weighted by Gasteiger charge is -2.22. The highest BCUT2D eigenvalue weighted by atomic mass is 16.2. The van der Waals surface area contributed by atoms with Crippen LogP contribution in [0.2, 0.25) is 0 Å². The number of carbonyl (C=O) groups is 3. The highest BCUT2D eigenvalue weighted by Crippen LogP contribution is 2.41. The molecule has 1 aromatic carbocycles. The van der Waals surface area contributed by atoms with E-state index in [2.05, 4.69) is 10.6 Å². The molecule has 120 valence electrons. The molecule has 3 aliphatic rings. The van der Waals surface area contributed by atoms with Crippen molar-refractivity contribution in [2.75, 3.05) is 13.1 Å². The van der Waals surface area contributed by atoms with E-state index >= 15 is 0 Å². The zero-order chi connectivity index (χ0) is 16.0. The average Bonchev–Trinajstić information content (AvgIpc) is 3.27. The van der Waals surface area contributed by atoms with Crippen LogP contribution in [0.3, 0.4) is 0 Å². The third-order valence-corrected chi connectivity index (χ3v) is 5.01. The maximum absolute atomic E-state index is 12.9. The molecule has 1 aromatic rings. The summed E-state index contributed by atoms with van der Waals surface area (Å²) in [4.78, 5) is 38.1. The van der Waals surface area contributed by atoms with Gasteiger partial charge in [-0.2, -0.15) is 0 Å². The summed E-state index contributed by atoms with van der Waals surface area (Å²) in [6, 6.07) is 7.19. The Morgan fingerprint density at radius 3 is 2.87 bits per heavy atom. The SMILES string of the molecule is O=C(CN1C(=O)NC2(CCc3ccccc32)C1=O)NCC1CC1. The van der Waals surface area contributed by atoms with Gasteiger partial charge in [-0.25, -0.2) is 4.79 Å². The Kier molecular flexibility index (Phi) is 3.14. The number of imide groups is 1. The lowest BCUT2D eigenvalue weighted by atomic mass is 9.92. The van der Waals surface area contributed by atoms with Crippen LogP contribution < -0.4 is 10.6 Å². The maximum Gasteiger partial charge on any atom is 0.325 e. The largest absolute Gasteiger partial charge is 0.354 e. The van der Waals surface area contributed by atoms with Crippen LogP contribution in [-0.4, -0.2) is 35.8 Å². The molecule has 6 nitrogen and oxygen atoms in total. The molecule has 4 rings (SSSR count). The number of nitrogens with one attached hydrogen (secondary N) is 2. The van der Waals surface area contributed by atoms with E-state index in [0.717, 1.165) is 35.3 Å². The molecule has 23 heavy (non-hydrogen) atoms. The van der Waals surface area contributed by atoms with Crippen molar-refractivity contribution in [2.24, 2.45) is 5.92 Å². The molecule has 1 heterocycles. The summed E-state index contributed by atoms with van der Waals surface area (Å²) < 4.78 is 0. The van der Waals surface area contributed by atoms with Crippen molar-refractivity contribution in [3.8, 4) is 0 Å². The number of hydrogen-bond acceptors (Lipinski definition) is 3. The van der Waals surface area contributed by atoms with Crippen LogP contribution in [0.5, 0.6) is 0 Å². The quantitative estimate of drug-likeness (QED) is 0.811. The molecular formula is C17H19N3O3. The fourth-order valence-electron chi connectivity index (χ4n) is 3.51. The Morgan fingerprint density at radius 2 is 2.09 bits per heavy atom. The summed E-state index contributed by atoms with van der Waals surface area (Å²) in [7, 11) is 0. The molecule has 1 saturated carbocycles. The van der Waals surface area contributed by atoms with Gasteiger partial charge in [-0.1, -0.05) is 24.3 Å². The molecule has 2 N–H and O–H groups in total. The third-order valence-electron chi connectivity index (χ3n) is 5.01. The second-order valence-electron chi connectivity index (χ2n) is 6.63. The monoisotopic (exact) mass is 313 g/mol. The summed E-state index contributed by atoms with van der Waals surface area (Å²) in [5.41, 5.74) is 0.963. The van der Waals surface area contributed by atoms with Crippen molar-refractivity contribution >= 4 is 17.8 Å². The van der Waals surface area contributed by atoms with E-state index in [1.165, 1.54) is 0 Å². The number of amides is 4. The van der Waals surface area contributed by atoms with Gasteiger partial charge in [0.15, 0.2) is 0 Å². The Hall–Kier alpha value is -2.37. The molecule has 1 saturated heterocycles. The molecular weight excluding hydrogens is 294 g/mol. The third kappa shape index (κ3) is 2.29. The zero-order valence-corrected chi connectivity index (χ0v) is 12.8. The van der Waals surface area contributed by atoms with Gasteiger partial charge in [-0.05, 0) is 42.7 Å². The number of benzene rings is 1. The molecule has 0 radical (unpaired) electrons. The summed E-state index contributed by atoms with van der Waals surface area (Å²) in [6.07, 6.45) is 3.59. The van der Waals surface area contributed by atoms with Crippen LogP contribution in [0.15, 0.2) is 24.3 Å². The first-order valence-electron chi connectivity index (χ1n) is 8.09. The minimum Gasteiger partial charge on any atom is -0.354 e. The molecule has 0 bridgehead atoms. The maximum atomic E-state index is 12.9. The van der Waals surface area contributed by atoms with E-state index in [-0.39, 0.29) is 18.4 Å². The standard InChI is InChI=1S/C17H19N3O3/c21-14(18-9-11-5-6-11)10-20-15(22)17(19-16(20)23)8-7-12-3-1-2-4-13(12)17/h1-4,11H,5-10H2,(H,18,21)(H,19,23). The lowest BCUT2D eigenvalue weighted by Crippen LogP contribution is -2.44. The second kappa shape index (κ2) is 5.08. The first-order chi connectivity index (χ1) is 11.1. The molecule has 0 aromatic heterocycles. The smallest absolute Gasteiger partial charge is 0.325 e. The average molecular weight is 313 g/mol. The van der Waals surface area contributed by atoms with Crippen LogP contribution in [0, 0.1) is 5.92 Å². The zero-order valence-electron chi connectivity index (χ0n) is 12.8. The van der Waals surface area contributed by atoms with Crippen molar-refractivity contribution in [2.45, 2.75) is 31.2 Å². The molecule has 6 heteroatoms. The predicted molar refractivity (Wildman–Crippen MR) is 82.4 cm³/mol. The summed E-state index contributed by atoms with van der Waals surface area (Å²) >= 11 is 0. The Morgan fingerprint density at radius 1 is 1.30 bits per heavy atom. The van der Waals surface area contributed by atoms with Crippen molar-refractivity contribution in [1.29, 1.82) is 0 Å². The van der Waals surface area contributed by atoms with Crippen molar-refractivity contribution in [1.82, 2.24) is 15.5 Å². The number of rotatable bonds is 4. The van der Waals surface area contributed by atoms with Gasteiger partial charge in [0.05, 0.1) is 0 Å². The van der Waals surface area contributed by atoms with E-state index in [1.54, 1.807) is 0 Å². The first kappa shape index (κ1) is 14.2. The highest BCUT2D eigenvalue weighted by molar-refractivity contribution is 6.09. The van der Waals surface area contributed by atoms with E-state index < -0.39 is 11.6 Å². The number of urea groups is 1. The van der Waals surface area contributed by atoms with Gasteiger partial charge in [0.25, 0.3) is 5.91 Å². The minimum atomic E-state index is -0.982. The number of fused-ring (bicyclic) bond motifs is 2. The molecule has 4 amide bonds. The Labute approximate surface area is 134 Å². The Balaban J connectivity index is 1.51. The molecule has 2 aliphatic carbocycles. The van der Waals surface area contributed by atoms with Crippen molar-refractivity contribution in [3.63, 3.8) is 0 Å². The van der Waals surface area contributed by atoms with Gasteiger partial charge in [-0.3, -0.25) is 14.5 Å². The molecule has 1 aliphatic heterocycles. The topological polar surface area (TPSA) is 78.5 Å². The molecule has 2 fully saturated rings. The van der Waals surface area contributed by atoms with Crippen LogP contribution in [0.1, 0.15) is 30.4 Å². The number of carbonyl (C=O) groups excluding carboxylic acids is 3. The first-order valence-corrected chi connectivity index (χ1v) is 8.09. The van der Waals surface area contributed by atoms with Crippen LogP contribution >= 0.6 is 0 Å². The van der Waals surface area contributed by atoms with Crippen LogP contribution in [-0.2, 0) is 21.5 Å². The number of aryl methyl sites for hydroxylation is 1.